The molecule has 0 unspecified atom stereocenters. The van der Waals surface area contributed by atoms with Crippen molar-refractivity contribution in [1.29, 1.82) is 0 Å². The van der Waals surface area contributed by atoms with E-state index in [-0.39, 0.29) is 0 Å². The van der Waals surface area contributed by atoms with Crippen LogP contribution in [0.1, 0.15) is 45.7 Å². The second-order valence-corrected chi connectivity index (χ2v) is 8.09. The number of rotatable bonds is 6. The minimum Gasteiger partial charge on any atom is -0.363 e. The third kappa shape index (κ3) is 4.08. The smallest absolute Gasteiger partial charge is 0.244 e. The molecular weight excluding hydrogens is 286 g/mol. The lowest BCUT2D eigenvalue weighted by atomic mass is 9.96. The molecule has 1 aromatic heterocycles. The van der Waals surface area contributed by atoms with Crippen LogP contribution in [-0.4, -0.2) is 36.8 Å². The summed E-state index contributed by atoms with van der Waals surface area (Å²) in [5.41, 5.74) is 0.908. The third-order valence-corrected chi connectivity index (χ3v) is 6.08. The van der Waals surface area contributed by atoms with E-state index < -0.39 is 10.0 Å². The number of piperidine rings is 1. The number of nitrogens with one attached hydrogen (secondary N) is 2. The summed E-state index contributed by atoms with van der Waals surface area (Å²) >= 11 is 0. The van der Waals surface area contributed by atoms with Crippen LogP contribution in [0, 0.1) is 5.92 Å². The van der Waals surface area contributed by atoms with Gasteiger partial charge in [-0.3, -0.25) is 0 Å². The van der Waals surface area contributed by atoms with E-state index in [0.29, 0.717) is 36.5 Å². The second kappa shape index (κ2) is 6.94. The molecule has 1 fully saturated rings. The van der Waals surface area contributed by atoms with Crippen LogP contribution >= 0.6 is 0 Å². The first-order valence-electron chi connectivity index (χ1n) is 7.84. The summed E-state index contributed by atoms with van der Waals surface area (Å²) in [6.07, 6.45) is 4.70. The van der Waals surface area contributed by atoms with Gasteiger partial charge in [0, 0.05) is 37.6 Å². The van der Waals surface area contributed by atoms with Crippen molar-refractivity contribution in [3.05, 3.63) is 18.0 Å². The van der Waals surface area contributed by atoms with Gasteiger partial charge in [0.15, 0.2) is 0 Å². The first-order valence-corrected chi connectivity index (χ1v) is 9.28. The molecule has 1 aliphatic heterocycles. The molecule has 0 aromatic carbocycles. The van der Waals surface area contributed by atoms with Gasteiger partial charge in [0.1, 0.15) is 0 Å². The molecule has 0 amide bonds. The molecule has 1 saturated heterocycles. The second-order valence-electron chi connectivity index (χ2n) is 6.15. The molecule has 2 heterocycles. The highest BCUT2D eigenvalue weighted by atomic mass is 32.2. The van der Waals surface area contributed by atoms with E-state index >= 15 is 0 Å². The molecule has 21 heavy (non-hydrogen) atoms. The Morgan fingerprint density at radius 3 is 2.62 bits per heavy atom. The highest BCUT2D eigenvalue weighted by Gasteiger charge is 2.29. The molecule has 5 nitrogen and oxygen atoms in total. The van der Waals surface area contributed by atoms with Crippen LogP contribution in [0.25, 0.3) is 0 Å². The first-order chi connectivity index (χ1) is 9.93. The summed E-state index contributed by atoms with van der Waals surface area (Å²) in [6, 6.07) is 2.12. The molecule has 1 aromatic rings. The topological polar surface area (TPSA) is 65.2 Å². The lowest BCUT2D eigenvalue weighted by molar-refractivity contribution is 0.269. The van der Waals surface area contributed by atoms with Crippen LogP contribution in [0.15, 0.2) is 17.2 Å². The molecular formula is C15H27N3O2S. The van der Waals surface area contributed by atoms with Gasteiger partial charge in [0.05, 0.1) is 4.90 Å². The number of sulfonamides is 1. The first kappa shape index (κ1) is 16.5. The normalized spacial score (nSPS) is 18.5. The number of aromatic amines is 1. The van der Waals surface area contributed by atoms with Crippen molar-refractivity contribution >= 4 is 10.0 Å². The maximum Gasteiger partial charge on any atom is 0.244 e. The fourth-order valence-corrected chi connectivity index (χ4v) is 4.18. The Kier molecular flexibility index (Phi) is 5.46. The minimum atomic E-state index is -3.34. The Labute approximate surface area is 128 Å². The van der Waals surface area contributed by atoms with Crippen molar-refractivity contribution in [2.45, 2.75) is 57.5 Å². The SMILES string of the molecule is CCC1CCN(S(=O)(=O)c2c[nH]c(CNC(C)C)c2)CC1. The average molecular weight is 313 g/mol. The molecule has 2 N–H and O–H groups in total. The lowest BCUT2D eigenvalue weighted by Crippen LogP contribution is -2.38. The van der Waals surface area contributed by atoms with Crippen molar-refractivity contribution in [3.63, 3.8) is 0 Å². The van der Waals surface area contributed by atoms with Crippen molar-refractivity contribution in [2.24, 2.45) is 5.92 Å². The Morgan fingerprint density at radius 1 is 1.38 bits per heavy atom. The molecule has 0 atom stereocenters. The largest absolute Gasteiger partial charge is 0.363 e. The molecule has 0 bridgehead atoms. The molecule has 1 aliphatic rings. The Hall–Kier alpha value is -0.850. The van der Waals surface area contributed by atoms with E-state index in [2.05, 4.69) is 31.1 Å². The lowest BCUT2D eigenvalue weighted by Gasteiger charge is -2.30. The standard InChI is InChI=1S/C15H27N3O2S/c1-4-13-5-7-18(8-6-13)21(19,20)15-9-14(17-11-15)10-16-12(2)3/h9,11-13,16-17H,4-8,10H2,1-3H3. The quantitative estimate of drug-likeness (QED) is 0.847. The van der Waals surface area contributed by atoms with Crippen LogP contribution in [0.2, 0.25) is 0 Å². The van der Waals surface area contributed by atoms with Gasteiger partial charge in [0.25, 0.3) is 0 Å². The summed E-state index contributed by atoms with van der Waals surface area (Å²) in [5.74, 6) is 0.675. The van der Waals surface area contributed by atoms with E-state index in [4.69, 9.17) is 0 Å². The summed E-state index contributed by atoms with van der Waals surface area (Å²) in [6.45, 7) is 8.26. The molecule has 2 rings (SSSR count). The van der Waals surface area contributed by atoms with Crippen LogP contribution in [-0.2, 0) is 16.6 Å². The van der Waals surface area contributed by atoms with Gasteiger partial charge < -0.3 is 10.3 Å². The van der Waals surface area contributed by atoms with Crippen molar-refractivity contribution in [3.8, 4) is 0 Å². The zero-order valence-corrected chi connectivity index (χ0v) is 14.0. The summed E-state index contributed by atoms with van der Waals surface area (Å²) in [4.78, 5) is 3.44. The Balaban J connectivity index is 2.03. The number of H-pyrrole nitrogens is 1. The van der Waals surface area contributed by atoms with E-state index in [1.54, 1.807) is 16.6 Å². The molecule has 0 radical (unpaired) electrons. The van der Waals surface area contributed by atoms with Crippen molar-refractivity contribution in [1.82, 2.24) is 14.6 Å². The van der Waals surface area contributed by atoms with Gasteiger partial charge in [-0.05, 0) is 24.8 Å². The number of hydrogen-bond acceptors (Lipinski definition) is 3. The van der Waals surface area contributed by atoms with E-state index in [0.717, 1.165) is 25.0 Å². The zero-order valence-electron chi connectivity index (χ0n) is 13.2. The number of aromatic nitrogens is 1. The predicted molar refractivity (Wildman–Crippen MR) is 84.5 cm³/mol. The Bertz CT molecular complexity index is 543. The third-order valence-electron chi connectivity index (χ3n) is 4.21. The molecule has 6 heteroatoms. The summed E-state index contributed by atoms with van der Waals surface area (Å²) < 4.78 is 26.9. The fourth-order valence-electron chi connectivity index (χ4n) is 2.69. The van der Waals surface area contributed by atoms with Gasteiger partial charge in [-0.2, -0.15) is 4.31 Å². The van der Waals surface area contributed by atoms with Crippen LogP contribution < -0.4 is 5.32 Å². The summed E-state index contributed by atoms with van der Waals surface area (Å²) in [5, 5.41) is 3.28. The van der Waals surface area contributed by atoms with Crippen LogP contribution in [0.4, 0.5) is 0 Å². The number of hydrogen-bond donors (Lipinski definition) is 2. The molecule has 120 valence electrons. The van der Waals surface area contributed by atoms with Gasteiger partial charge >= 0.3 is 0 Å². The van der Waals surface area contributed by atoms with Crippen molar-refractivity contribution in [2.75, 3.05) is 13.1 Å². The zero-order chi connectivity index (χ0) is 15.5. The van der Waals surface area contributed by atoms with E-state index in [1.807, 2.05) is 0 Å². The molecule has 0 saturated carbocycles. The highest BCUT2D eigenvalue weighted by molar-refractivity contribution is 7.89. The van der Waals surface area contributed by atoms with Crippen molar-refractivity contribution < 1.29 is 8.42 Å². The Morgan fingerprint density at radius 2 is 2.05 bits per heavy atom. The maximum atomic E-state index is 12.6. The van der Waals surface area contributed by atoms with E-state index in [9.17, 15) is 8.42 Å². The van der Waals surface area contributed by atoms with Gasteiger partial charge in [-0.1, -0.05) is 27.2 Å². The monoisotopic (exact) mass is 313 g/mol. The molecule has 0 spiro atoms. The van der Waals surface area contributed by atoms with E-state index in [1.165, 1.54) is 0 Å². The molecule has 0 aliphatic carbocycles. The fraction of sp³-hybridized carbons (Fsp3) is 0.733. The van der Waals surface area contributed by atoms with Gasteiger partial charge in [0.2, 0.25) is 10.0 Å². The van der Waals surface area contributed by atoms with Gasteiger partial charge in [-0.15, -0.1) is 0 Å². The maximum absolute atomic E-state index is 12.6. The predicted octanol–water partition coefficient (Wildman–Crippen LogP) is 2.32. The minimum absolute atomic E-state index is 0.376. The summed E-state index contributed by atoms with van der Waals surface area (Å²) in [7, 11) is -3.34. The average Bonchev–Trinajstić information content (AvgIpc) is 2.95. The number of nitrogens with zero attached hydrogens (tertiary/aromatic N) is 1. The van der Waals surface area contributed by atoms with Gasteiger partial charge in [-0.25, -0.2) is 8.42 Å². The van der Waals surface area contributed by atoms with Crippen LogP contribution in [0.5, 0.6) is 0 Å². The van der Waals surface area contributed by atoms with Crippen LogP contribution in [0.3, 0.4) is 0 Å². The highest BCUT2D eigenvalue weighted by Crippen LogP contribution is 2.25.